The number of aryl methyl sites for hydroxylation is 2. The number of hydrogen-bond acceptors (Lipinski definition) is 8. The molecule has 1 aliphatic carbocycles. The second kappa shape index (κ2) is 10.5. The standard InChI is InChI=1S/C26H31N5O4/c1-2-35-25(33)22-17-31(20-8-7-18-5-3-6-19(18)15-20)24-21(23(22)32)16-28-26(29-24)27-9-4-10-30-11-13-34-14-12-30/h7-8,15-17H,2-6,9-14H2,1H3,(H,27,28,29). The quantitative estimate of drug-likeness (QED) is 0.391. The van der Waals surface area contributed by atoms with Gasteiger partial charge in [-0.1, -0.05) is 6.07 Å². The van der Waals surface area contributed by atoms with Crippen LogP contribution in [0.4, 0.5) is 5.95 Å². The molecule has 1 fully saturated rings. The number of aromatic nitrogens is 3. The summed E-state index contributed by atoms with van der Waals surface area (Å²) in [6.07, 6.45) is 7.24. The Labute approximate surface area is 204 Å². The van der Waals surface area contributed by atoms with E-state index in [1.54, 1.807) is 13.1 Å². The van der Waals surface area contributed by atoms with Gasteiger partial charge in [-0.2, -0.15) is 4.98 Å². The highest BCUT2D eigenvalue weighted by atomic mass is 16.5. The molecule has 0 saturated carbocycles. The number of morpholine rings is 1. The number of esters is 1. The summed E-state index contributed by atoms with van der Waals surface area (Å²) in [5.74, 6) is -0.183. The molecule has 2 aliphatic rings. The number of pyridine rings is 1. The molecule has 1 aromatic carbocycles. The zero-order valence-electron chi connectivity index (χ0n) is 20.1. The molecular formula is C26H31N5O4. The van der Waals surface area contributed by atoms with E-state index in [4.69, 9.17) is 14.5 Å². The highest BCUT2D eigenvalue weighted by Crippen LogP contribution is 2.26. The highest BCUT2D eigenvalue weighted by Gasteiger charge is 2.20. The van der Waals surface area contributed by atoms with Gasteiger partial charge in [0.1, 0.15) is 5.56 Å². The first-order valence-electron chi connectivity index (χ1n) is 12.4. The van der Waals surface area contributed by atoms with Gasteiger partial charge in [-0.05, 0) is 62.4 Å². The first kappa shape index (κ1) is 23.4. The van der Waals surface area contributed by atoms with Crippen LogP contribution in [0.15, 0.2) is 35.4 Å². The van der Waals surface area contributed by atoms with E-state index in [2.05, 4.69) is 27.3 Å². The van der Waals surface area contributed by atoms with Crippen molar-refractivity contribution in [3.8, 4) is 5.69 Å². The summed E-state index contributed by atoms with van der Waals surface area (Å²) in [5, 5.41) is 3.57. The van der Waals surface area contributed by atoms with Crippen molar-refractivity contribution in [1.82, 2.24) is 19.4 Å². The summed E-state index contributed by atoms with van der Waals surface area (Å²) in [6, 6.07) is 6.26. The summed E-state index contributed by atoms with van der Waals surface area (Å²) in [5.41, 5.74) is 3.53. The number of benzene rings is 1. The van der Waals surface area contributed by atoms with Crippen LogP contribution in [-0.2, 0) is 22.3 Å². The average Bonchev–Trinajstić information content (AvgIpc) is 3.36. The van der Waals surface area contributed by atoms with E-state index >= 15 is 0 Å². The fraction of sp³-hybridized carbons (Fsp3) is 0.462. The van der Waals surface area contributed by atoms with Gasteiger partial charge < -0.3 is 19.4 Å². The molecule has 1 N–H and O–H groups in total. The highest BCUT2D eigenvalue weighted by molar-refractivity contribution is 5.93. The Balaban J connectivity index is 1.46. The normalized spacial score (nSPS) is 15.8. The fourth-order valence-corrected chi connectivity index (χ4v) is 4.78. The summed E-state index contributed by atoms with van der Waals surface area (Å²) in [7, 11) is 0. The van der Waals surface area contributed by atoms with E-state index in [9.17, 15) is 9.59 Å². The first-order chi connectivity index (χ1) is 17.1. The molecule has 1 aliphatic heterocycles. The SMILES string of the molecule is CCOC(=O)c1cn(-c2ccc3c(c2)CCC3)c2nc(NCCCN3CCOCC3)ncc2c1=O. The average molecular weight is 478 g/mol. The molecule has 3 aromatic rings. The van der Waals surface area contributed by atoms with Gasteiger partial charge >= 0.3 is 5.97 Å². The van der Waals surface area contributed by atoms with Gasteiger partial charge in [0.15, 0.2) is 5.65 Å². The number of rotatable bonds is 8. The third-order valence-corrected chi connectivity index (χ3v) is 6.64. The van der Waals surface area contributed by atoms with E-state index in [1.165, 1.54) is 17.3 Å². The summed E-state index contributed by atoms with van der Waals surface area (Å²) < 4.78 is 12.4. The van der Waals surface area contributed by atoms with E-state index in [0.29, 0.717) is 18.1 Å². The lowest BCUT2D eigenvalue weighted by molar-refractivity contribution is 0.0378. The van der Waals surface area contributed by atoms with Crippen molar-refractivity contribution >= 4 is 23.0 Å². The van der Waals surface area contributed by atoms with Crippen molar-refractivity contribution in [2.45, 2.75) is 32.6 Å². The van der Waals surface area contributed by atoms with Crippen LogP contribution in [0, 0.1) is 0 Å². The largest absolute Gasteiger partial charge is 0.462 e. The molecule has 0 unspecified atom stereocenters. The third kappa shape index (κ3) is 5.06. The molecule has 0 atom stereocenters. The van der Waals surface area contributed by atoms with Crippen LogP contribution in [0.5, 0.6) is 0 Å². The predicted molar refractivity (Wildman–Crippen MR) is 133 cm³/mol. The van der Waals surface area contributed by atoms with Crippen LogP contribution in [0.1, 0.15) is 41.3 Å². The molecule has 1 saturated heterocycles. The maximum absolute atomic E-state index is 13.1. The minimum Gasteiger partial charge on any atom is -0.462 e. The molecule has 35 heavy (non-hydrogen) atoms. The first-order valence-corrected chi connectivity index (χ1v) is 12.4. The fourth-order valence-electron chi connectivity index (χ4n) is 4.78. The van der Waals surface area contributed by atoms with E-state index < -0.39 is 11.4 Å². The lowest BCUT2D eigenvalue weighted by atomic mass is 10.1. The number of carbonyl (C=O) groups excluding carboxylic acids is 1. The van der Waals surface area contributed by atoms with Gasteiger partial charge in [-0.15, -0.1) is 0 Å². The monoisotopic (exact) mass is 477 g/mol. The molecule has 0 radical (unpaired) electrons. The molecule has 184 valence electrons. The molecule has 3 heterocycles. The Morgan fingerprint density at radius 3 is 2.86 bits per heavy atom. The summed E-state index contributed by atoms with van der Waals surface area (Å²) >= 11 is 0. The van der Waals surface area contributed by atoms with Gasteiger partial charge in [-0.3, -0.25) is 9.69 Å². The third-order valence-electron chi connectivity index (χ3n) is 6.64. The van der Waals surface area contributed by atoms with Crippen molar-refractivity contribution in [2.24, 2.45) is 0 Å². The molecule has 9 nitrogen and oxygen atoms in total. The number of nitrogens with zero attached hydrogens (tertiary/aromatic N) is 4. The summed E-state index contributed by atoms with van der Waals surface area (Å²) in [6.45, 7) is 7.10. The Hall–Kier alpha value is -3.30. The van der Waals surface area contributed by atoms with Gasteiger partial charge in [0, 0.05) is 37.7 Å². The van der Waals surface area contributed by atoms with Crippen LogP contribution in [0.25, 0.3) is 16.7 Å². The zero-order valence-corrected chi connectivity index (χ0v) is 20.1. The van der Waals surface area contributed by atoms with E-state index in [0.717, 1.165) is 64.2 Å². The van der Waals surface area contributed by atoms with Crippen molar-refractivity contribution in [2.75, 3.05) is 51.3 Å². The van der Waals surface area contributed by atoms with Crippen molar-refractivity contribution < 1.29 is 14.3 Å². The molecular weight excluding hydrogens is 446 g/mol. The Bertz CT molecular complexity index is 1280. The Kier molecular flexibility index (Phi) is 7.06. The van der Waals surface area contributed by atoms with E-state index in [-0.39, 0.29) is 17.6 Å². The van der Waals surface area contributed by atoms with Crippen LogP contribution >= 0.6 is 0 Å². The number of nitrogens with one attached hydrogen (secondary N) is 1. The van der Waals surface area contributed by atoms with Crippen LogP contribution in [0.2, 0.25) is 0 Å². The minimum atomic E-state index is -0.639. The maximum Gasteiger partial charge on any atom is 0.343 e. The van der Waals surface area contributed by atoms with E-state index in [1.807, 2.05) is 10.6 Å². The number of anilines is 1. The minimum absolute atomic E-state index is 0.0188. The molecule has 0 amide bonds. The van der Waals surface area contributed by atoms with Gasteiger partial charge in [0.05, 0.1) is 25.2 Å². The maximum atomic E-state index is 13.1. The second-order valence-electron chi connectivity index (χ2n) is 8.93. The molecule has 0 bridgehead atoms. The lowest BCUT2D eigenvalue weighted by Gasteiger charge is -2.26. The topological polar surface area (TPSA) is 98.6 Å². The number of carbonyl (C=O) groups is 1. The summed E-state index contributed by atoms with van der Waals surface area (Å²) in [4.78, 5) is 37.1. The van der Waals surface area contributed by atoms with Crippen molar-refractivity contribution in [3.05, 3.63) is 57.5 Å². The van der Waals surface area contributed by atoms with Crippen LogP contribution in [-0.4, -0.2) is 71.4 Å². The molecule has 2 aromatic heterocycles. The number of ether oxygens (including phenoxy) is 2. The molecule has 0 spiro atoms. The van der Waals surface area contributed by atoms with Gasteiger partial charge in [-0.25, -0.2) is 9.78 Å². The molecule has 9 heteroatoms. The zero-order chi connectivity index (χ0) is 24.2. The number of fused-ring (bicyclic) bond motifs is 2. The lowest BCUT2D eigenvalue weighted by Crippen LogP contribution is -2.37. The smallest absolute Gasteiger partial charge is 0.343 e. The van der Waals surface area contributed by atoms with Crippen molar-refractivity contribution in [3.63, 3.8) is 0 Å². The Morgan fingerprint density at radius 2 is 2.03 bits per heavy atom. The van der Waals surface area contributed by atoms with Crippen molar-refractivity contribution in [1.29, 1.82) is 0 Å². The van der Waals surface area contributed by atoms with Gasteiger partial charge in [0.2, 0.25) is 11.4 Å². The second-order valence-corrected chi connectivity index (χ2v) is 8.93. The Morgan fingerprint density at radius 1 is 1.20 bits per heavy atom. The number of hydrogen-bond donors (Lipinski definition) is 1. The molecule has 5 rings (SSSR count). The predicted octanol–water partition coefficient (Wildman–Crippen LogP) is 2.58. The van der Waals surface area contributed by atoms with Crippen LogP contribution < -0.4 is 10.7 Å². The van der Waals surface area contributed by atoms with Gasteiger partial charge in [0.25, 0.3) is 0 Å². The van der Waals surface area contributed by atoms with Crippen LogP contribution in [0.3, 0.4) is 0 Å².